The van der Waals surface area contributed by atoms with E-state index in [9.17, 15) is 5.26 Å². The molecule has 0 spiro atoms. The molecule has 0 amide bonds. The third-order valence-electron chi connectivity index (χ3n) is 3.31. The van der Waals surface area contributed by atoms with E-state index in [1.54, 1.807) is 0 Å². The number of aromatic nitrogens is 3. The molecule has 3 aromatic rings. The standard InChI is InChI=1S/C17H13BrN4OS/c1-10-6-11(2)20-17(14(10)8-19)24-9-15-21-16(22-23-15)12-4-3-5-13(18)7-12/h3-7H,9H2,1-2H3. The summed E-state index contributed by atoms with van der Waals surface area (Å²) in [5, 5.41) is 14.0. The lowest BCUT2D eigenvalue weighted by molar-refractivity contribution is 0.391. The smallest absolute Gasteiger partial charge is 0.237 e. The Bertz CT molecular complexity index is 933. The maximum atomic E-state index is 9.31. The average molecular weight is 401 g/mol. The van der Waals surface area contributed by atoms with Gasteiger partial charge in [0, 0.05) is 15.7 Å². The Morgan fingerprint density at radius 1 is 1.25 bits per heavy atom. The minimum atomic E-state index is 0.464. The second kappa shape index (κ2) is 7.16. The summed E-state index contributed by atoms with van der Waals surface area (Å²) in [4.78, 5) is 8.85. The quantitative estimate of drug-likeness (QED) is 0.591. The van der Waals surface area contributed by atoms with Gasteiger partial charge >= 0.3 is 0 Å². The molecule has 120 valence electrons. The fourth-order valence-electron chi connectivity index (χ4n) is 2.23. The molecule has 0 fully saturated rings. The van der Waals surface area contributed by atoms with Gasteiger partial charge in [0.25, 0.3) is 0 Å². The van der Waals surface area contributed by atoms with E-state index in [-0.39, 0.29) is 0 Å². The van der Waals surface area contributed by atoms with E-state index < -0.39 is 0 Å². The van der Waals surface area contributed by atoms with Gasteiger partial charge in [-0.05, 0) is 37.6 Å². The number of hydrogen-bond acceptors (Lipinski definition) is 6. The van der Waals surface area contributed by atoms with Crippen molar-refractivity contribution in [1.82, 2.24) is 15.1 Å². The summed E-state index contributed by atoms with van der Waals surface area (Å²) >= 11 is 4.85. The third-order valence-corrected chi connectivity index (χ3v) is 4.76. The van der Waals surface area contributed by atoms with Gasteiger partial charge in [-0.1, -0.05) is 45.0 Å². The summed E-state index contributed by atoms with van der Waals surface area (Å²) in [7, 11) is 0. The summed E-state index contributed by atoms with van der Waals surface area (Å²) in [6, 6.07) is 11.8. The van der Waals surface area contributed by atoms with E-state index in [2.05, 4.69) is 37.1 Å². The van der Waals surface area contributed by atoms with Gasteiger partial charge in [-0.2, -0.15) is 10.2 Å². The number of thioether (sulfide) groups is 1. The SMILES string of the molecule is Cc1cc(C)c(C#N)c(SCc2nc(-c3cccc(Br)c3)no2)n1. The van der Waals surface area contributed by atoms with Crippen molar-refractivity contribution in [1.29, 1.82) is 5.26 Å². The second-order valence-corrected chi connectivity index (χ2v) is 7.06. The zero-order chi connectivity index (χ0) is 17.1. The number of nitrogens with zero attached hydrogens (tertiary/aromatic N) is 4. The van der Waals surface area contributed by atoms with E-state index in [4.69, 9.17) is 4.52 Å². The van der Waals surface area contributed by atoms with Crippen LogP contribution in [0.5, 0.6) is 0 Å². The molecule has 0 N–H and O–H groups in total. The van der Waals surface area contributed by atoms with Crippen LogP contribution in [0.1, 0.15) is 22.7 Å². The molecule has 3 rings (SSSR count). The van der Waals surface area contributed by atoms with Crippen LogP contribution in [0.4, 0.5) is 0 Å². The molecule has 0 radical (unpaired) electrons. The zero-order valence-corrected chi connectivity index (χ0v) is 15.5. The molecular formula is C17H13BrN4OS. The van der Waals surface area contributed by atoms with Crippen molar-refractivity contribution in [2.24, 2.45) is 0 Å². The minimum Gasteiger partial charge on any atom is -0.338 e. The van der Waals surface area contributed by atoms with Crippen LogP contribution in [-0.4, -0.2) is 15.1 Å². The minimum absolute atomic E-state index is 0.464. The average Bonchev–Trinajstić information content (AvgIpc) is 3.01. The van der Waals surface area contributed by atoms with Crippen LogP contribution in [0, 0.1) is 25.2 Å². The Kier molecular flexibility index (Phi) is 4.97. The summed E-state index contributed by atoms with van der Waals surface area (Å²) in [6.07, 6.45) is 0. The maximum Gasteiger partial charge on any atom is 0.237 e. The summed E-state index contributed by atoms with van der Waals surface area (Å²) < 4.78 is 6.26. The highest BCUT2D eigenvalue weighted by Crippen LogP contribution is 2.27. The number of rotatable bonds is 4. The predicted molar refractivity (Wildman–Crippen MR) is 95.4 cm³/mol. The molecular weight excluding hydrogens is 388 g/mol. The van der Waals surface area contributed by atoms with Crippen LogP contribution in [0.3, 0.4) is 0 Å². The van der Waals surface area contributed by atoms with Crippen molar-refractivity contribution in [2.45, 2.75) is 24.6 Å². The first-order valence-corrected chi connectivity index (χ1v) is 8.94. The van der Waals surface area contributed by atoms with E-state index in [0.717, 1.165) is 21.3 Å². The highest BCUT2D eigenvalue weighted by atomic mass is 79.9. The number of pyridine rings is 1. The van der Waals surface area contributed by atoms with Gasteiger partial charge in [0.15, 0.2) is 0 Å². The molecule has 0 unspecified atom stereocenters. The van der Waals surface area contributed by atoms with Crippen molar-refractivity contribution >= 4 is 27.7 Å². The molecule has 5 nitrogen and oxygen atoms in total. The Morgan fingerprint density at radius 3 is 2.83 bits per heavy atom. The second-order valence-electron chi connectivity index (χ2n) is 5.18. The number of halogens is 1. The molecule has 0 saturated carbocycles. The van der Waals surface area contributed by atoms with Gasteiger partial charge in [0.1, 0.15) is 11.1 Å². The van der Waals surface area contributed by atoms with Gasteiger partial charge in [-0.25, -0.2) is 4.98 Å². The fourth-order valence-corrected chi connectivity index (χ4v) is 3.57. The Hall–Kier alpha value is -2.17. The van der Waals surface area contributed by atoms with Crippen molar-refractivity contribution in [3.05, 3.63) is 57.5 Å². The largest absolute Gasteiger partial charge is 0.338 e. The van der Waals surface area contributed by atoms with Crippen molar-refractivity contribution in [3.8, 4) is 17.5 Å². The maximum absolute atomic E-state index is 9.31. The number of benzene rings is 1. The van der Waals surface area contributed by atoms with E-state index in [1.165, 1.54) is 11.8 Å². The summed E-state index contributed by atoms with van der Waals surface area (Å²) in [5.41, 5.74) is 3.28. The Labute approximate surface area is 152 Å². The van der Waals surface area contributed by atoms with Crippen LogP contribution in [-0.2, 0) is 5.75 Å². The molecule has 2 heterocycles. The molecule has 0 saturated heterocycles. The first-order valence-electron chi connectivity index (χ1n) is 7.16. The highest BCUT2D eigenvalue weighted by molar-refractivity contribution is 9.10. The lowest BCUT2D eigenvalue weighted by Gasteiger charge is -2.05. The van der Waals surface area contributed by atoms with E-state index >= 15 is 0 Å². The van der Waals surface area contributed by atoms with Crippen LogP contribution in [0.2, 0.25) is 0 Å². The fraction of sp³-hybridized carbons (Fsp3) is 0.176. The Balaban J connectivity index is 1.78. The lowest BCUT2D eigenvalue weighted by Crippen LogP contribution is -1.94. The molecule has 0 aliphatic heterocycles. The van der Waals surface area contributed by atoms with Crippen LogP contribution >= 0.6 is 27.7 Å². The molecule has 0 atom stereocenters. The normalized spacial score (nSPS) is 10.6. The topological polar surface area (TPSA) is 75.6 Å². The molecule has 24 heavy (non-hydrogen) atoms. The number of hydrogen-bond donors (Lipinski definition) is 0. The highest BCUT2D eigenvalue weighted by Gasteiger charge is 2.13. The monoisotopic (exact) mass is 400 g/mol. The van der Waals surface area contributed by atoms with Crippen molar-refractivity contribution in [3.63, 3.8) is 0 Å². The van der Waals surface area contributed by atoms with Crippen LogP contribution in [0.25, 0.3) is 11.4 Å². The molecule has 0 aliphatic rings. The summed E-state index contributed by atoms with van der Waals surface area (Å²) in [6.45, 7) is 3.83. The van der Waals surface area contributed by atoms with Crippen LogP contribution in [0.15, 0.2) is 44.4 Å². The van der Waals surface area contributed by atoms with Crippen molar-refractivity contribution < 1.29 is 4.52 Å². The third kappa shape index (κ3) is 3.66. The van der Waals surface area contributed by atoms with Gasteiger partial charge in [-0.3, -0.25) is 0 Å². The molecule has 1 aromatic carbocycles. The Morgan fingerprint density at radius 2 is 2.08 bits per heavy atom. The first kappa shape index (κ1) is 16.7. The number of aryl methyl sites for hydroxylation is 2. The van der Waals surface area contributed by atoms with Gasteiger partial charge in [0.2, 0.25) is 11.7 Å². The predicted octanol–water partition coefficient (Wildman–Crippen LogP) is 4.67. The molecule has 0 bridgehead atoms. The number of nitriles is 1. The molecule has 0 aliphatic carbocycles. The lowest BCUT2D eigenvalue weighted by atomic mass is 10.1. The van der Waals surface area contributed by atoms with Gasteiger partial charge in [-0.15, -0.1) is 0 Å². The van der Waals surface area contributed by atoms with Gasteiger partial charge in [0.05, 0.1) is 11.3 Å². The van der Waals surface area contributed by atoms with E-state index in [1.807, 2.05) is 44.2 Å². The van der Waals surface area contributed by atoms with Crippen LogP contribution < -0.4 is 0 Å². The van der Waals surface area contributed by atoms with E-state index in [0.29, 0.717) is 28.1 Å². The molecule has 2 aromatic heterocycles. The van der Waals surface area contributed by atoms with Gasteiger partial charge < -0.3 is 4.52 Å². The summed E-state index contributed by atoms with van der Waals surface area (Å²) in [5.74, 6) is 1.51. The molecule has 7 heteroatoms. The zero-order valence-electron chi connectivity index (χ0n) is 13.1. The van der Waals surface area contributed by atoms with Crippen molar-refractivity contribution in [2.75, 3.05) is 0 Å². The first-order chi connectivity index (χ1) is 11.6.